The maximum absolute atomic E-state index is 11.9. The quantitative estimate of drug-likeness (QED) is 0.561. The molecule has 6 nitrogen and oxygen atoms in total. The number of nitrogens with one attached hydrogen (secondary N) is 1. The number of benzene rings is 2. The van der Waals surface area contributed by atoms with Crippen molar-refractivity contribution in [3.8, 4) is 5.69 Å². The van der Waals surface area contributed by atoms with E-state index in [9.17, 15) is 9.59 Å². The molecule has 0 aliphatic carbocycles. The average Bonchev–Trinajstić information content (AvgIpc) is 3.17. The SMILES string of the molecule is Cc1cc(NC(=O)COC(=O)CCc2cnn(-c3ccccc3)c2)ccc1Br. The first kappa shape index (κ1) is 19.8. The van der Waals surface area contributed by atoms with Crippen LogP contribution >= 0.6 is 15.9 Å². The topological polar surface area (TPSA) is 73.2 Å². The molecule has 0 fully saturated rings. The first-order valence-corrected chi connectivity index (χ1v) is 9.61. The summed E-state index contributed by atoms with van der Waals surface area (Å²) in [7, 11) is 0. The van der Waals surface area contributed by atoms with Gasteiger partial charge in [0, 0.05) is 22.8 Å². The van der Waals surface area contributed by atoms with Gasteiger partial charge in [-0.1, -0.05) is 34.1 Å². The van der Waals surface area contributed by atoms with Crippen molar-refractivity contribution in [2.75, 3.05) is 11.9 Å². The number of esters is 1. The Bertz CT molecular complexity index is 970. The van der Waals surface area contributed by atoms with Crippen LogP contribution in [0, 0.1) is 6.92 Å². The molecule has 0 radical (unpaired) electrons. The van der Waals surface area contributed by atoms with Crippen molar-refractivity contribution in [1.29, 1.82) is 0 Å². The minimum absolute atomic E-state index is 0.186. The van der Waals surface area contributed by atoms with E-state index in [2.05, 4.69) is 26.3 Å². The number of aromatic nitrogens is 2. The van der Waals surface area contributed by atoms with Crippen LogP contribution in [0.1, 0.15) is 17.5 Å². The third kappa shape index (κ3) is 5.53. The zero-order chi connectivity index (χ0) is 19.9. The Morgan fingerprint density at radius 1 is 1.18 bits per heavy atom. The molecule has 0 spiro atoms. The molecule has 28 heavy (non-hydrogen) atoms. The second-order valence-corrected chi connectivity index (χ2v) is 7.16. The van der Waals surface area contributed by atoms with Crippen molar-refractivity contribution in [2.45, 2.75) is 19.8 Å². The Morgan fingerprint density at radius 2 is 1.96 bits per heavy atom. The Kier molecular flexibility index (Phi) is 6.60. The van der Waals surface area contributed by atoms with Gasteiger partial charge >= 0.3 is 5.97 Å². The van der Waals surface area contributed by atoms with Crippen LogP contribution in [0.15, 0.2) is 65.4 Å². The molecule has 3 rings (SSSR count). The predicted octanol–water partition coefficient (Wildman–Crippen LogP) is 4.06. The van der Waals surface area contributed by atoms with Crippen molar-refractivity contribution in [3.63, 3.8) is 0 Å². The number of aryl methyl sites for hydroxylation is 2. The molecule has 0 unspecified atom stereocenters. The summed E-state index contributed by atoms with van der Waals surface area (Å²) in [6.07, 6.45) is 4.29. The van der Waals surface area contributed by atoms with Gasteiger partial charge in [0.05, 0.1) is 11.9 Å². The summed E-state index contributed by atoms with van der Waals surface area (Å²) in [6.45, 7) is 1.62. The van der Waals surface area contributed by atoms with Crippen LogP contribution in [0.2, 0.25) is 0 Å². The van der Waals surface area contributed by atoms with Crippen LogP contribution in [0.4, 0.5) is 5.69 Å². The van der Waals surface area contributed by atoms with Gasteiger partial charge in [0.15, 0.2) is 6.61 Å². The van der Waals surface area contributed by atoms with Crippen LogP contribution in [0.25, 0.3) is 5.69 Å². The fraction of sp³-hybridized carbons (Fsp3) is 0.190. The Labute approximate surface area is 171 Å². The van der Waals surface area contributed by atoms with E-state index in [1.54, 1.807) is 16.9 Å². The summed E-state index contributed by atoms with van der Waals surface area (Å²) in [5.41, 5.74) is 3.55. The predicted molar refractivity (Wildman–Crippen MR) is 110 cm³/mol. The van der Waals surface area contributed by atoms with Gasteiger partial charge in [0.2, 0.25) is 0 Å². The number of para-hydroxylation sites is 1. The monoisotopic (exact) mass is 441 g/mol. The third-order valence-electron chi connectivity index (χ3n) is 4.08. The number of rotatable bonds is 7. The smallest absolute Gasteiger partial charge is 0.306 e. The Balaban J connectivity index is 1.42. The van der Waals surface area contributed by atoms with Gasteiger partial charge in [-0.25, -0.2) is 4.68 Å². The molecule has 1 amide bonds. The van der Waals surface area contributed by atoms with Gasteiger partial charge in [0.25, 0.3) is 5.91 Å². The maximum Gasteiger partial charge on any atom is 0.306 e. The van der Waals surface area contributed by atoms with Crippen molar-refractivity contribution < 1.29 is 14.3 Å². The number of hydrogen-bond donors (Lipinski definition) is 1. The minimum atomic E-state index is -0.422. The molecule has 0 saturated carbocycles. The van der Waals surface area contributed by atoms with E-state index >= 15 is 0 Å². The van der Waals surface area contributed by atoms with E-state index in [4.69, 9.17) is 4.74 Å². The van der Waals surface area contributed by atoms with Gasteiger partial charge in [0.1, 0.15) is 0 Å². The first-order valence-electron chi connectivity index (χ1n) is 8.82. The number of halogens is 1. The molecule has 1 N–H and O–H groups in total. The summed E-state index contributed by atoms with van der Waals surface area (Å²) < 4.78 is 7.78. The summed E-state index contributed by atoms with van der Waals surface area (Å²) in [5, 5.41) is 7.01. The van der Waals surface area contributed by atoms with E-state index in [0.29, 0.717) is 12.1 Å². The van der Waals surface area contributed by atoms with E-state index in [1.165, 1.54) is 0 Å². The third-order valence-corrected chi connectivity index (χ3v) is 4.97. The second kappa shape index (κ2) is 9.32. The number of amides is 1. The van der Waals surface area contributed by atoms with Crippen LogP contribution in [0.5, 0.6) is 0 Å². The number of hydrogen-bond acceptors (Lipinski definition) is 4. The summed E-state index contributed by atoms with van der Waals surface area (Å²) in [4.78, 5) is 23.8. The van der Waals surface area contributed by atoms with Crippen LogP contribution in [-0.2, 0) is 20.7 Å². The molecule has 2 aromatic carbocycles. The molecular weight excluding hydrogens is 422 g/mol. The minimum Gasteiger partial charge on any atom is -0.456 e. The Hall–Kier alpha value is -2.93. The number of carbonyl (C=O) groups excluding carboxylic acids is 2. The van der Waals surface area contributed by atoms with Crippen molar-refractivity contribution >= 4 is 33.5 Å². The summed E-state index contributed by atoms with van der Waals surface area (Å²) in [6, 6.07) is 15.2. The standard InChI is InChI=1S/C21H20BrN3O3/c1-15-11-17(8-9-19(15)22)24-20(26)14-28-21(27)10-7-16-12-23-25(13-16)18-5-3-2-4-6-18/h2-6,8-9,11-13H,7,10,14H2,1H3,(H,24,26). The van der Waals surface area contributed by atoms with Gasteiger partial charge in [-0.2, -0.15) is 5.10 Å². The number of carbonyl (C=O) groups is 2. The molecule has 7 heteroatoms. The van der Waals surface area contributed by atoms with Crippen LogP contribution in [0.3, 0.4) is 0 Å². The lowest BCUT2D eigenvalue weighted by atomic mass is 10.2. The van der Waals surface area contributed by atoms with Crippen molar-refractivity contribution in [1.82, 2.24) is 9.78 Å². The van der Waals surface area contributed by atoms with E-state index < -0.39 is 5.97 Å². The van der Waals surface area contributed by atoms with Gasteiger partial charge in [-0.3, -0.25) is 9.59 Å². The van der Waals surface area contributed by atoms with E-state index in [1.807, 2.05) is 55.6 Å². The highest BCUT2D eigenvalue weighted by Crippen LogP contribution is 2.19. The molecule has 0 aliphatic heterocycles. The Morgan fingerprint density at radius 3 is 2.71 bits per heavy atom. The lowest BCUT2D eigenvalue weighted by Crippen LogP contribution is -2.21. The highest BCUT2D eigenvalue weighted by Gasteiger charge is 2.10. The summed E-state index contributed by atoms with van der Waals surface area (Å²) in [5.74, 6) is -0.790. The molecule has 0 atom stereocenters. The molecule has 144 valence electrons. The molecule has 0 aliphatic rings. The van der Waals surface area contributed by atoms with E-state index in [-0.39, 0.29) is 18.9 Å². The van der Waals surface area contributed by atoms with Gasteiger partial charge in [-0.15, -0.1) is 0 Å². The van der Waals surface area contributed by atoms with Crippen LogP contribution < -0.4 is 5.32 Å². The lowest BCUT2D eigenvalue weighted by molar-refractivity contribution is -0.147. The van der Waals surface area contributed by atoms with Gasteiger partial charge in [-0.05, 0) is 54.8 Å². The average molecular weight is 442 g/mol. The molecular formula is C21H20BrN3O3. The highest BCUT2D eigenvalue weighted by molar-refractivity contribution is 9.10. The molecule has 0 bridgehead atoms. The van der Waals surface area contributed by atoms with Crippen LogP contribution in [-0.4, -0.2) is 28.3 Å². The van der Waals surface area contributed by atoms with E-state index in [0.717, 1.165) is 21.3 Å². The number of anilines is 1. The van der Waals surface area contributed by atoms with Crippen molar-refractivity contribution in [2.24, 2.45) is 0 Å². The summed E-state index contributed by atoms with van der Waals surface area (Å²) >= 11 is 3.41. The molecule has 1 aromatic heterocycles. The maximum atomic E-state index is 11.9. The normalized spacial score (nSPS) is 10.5. The first-order chi connectivity index (χ1) is 13.5. The number of nitrogens with zero attached hydrogens (tertiary/aromatic N) is 2. The lowest BCUT2D eigenvalue weighted by Gasteiger charge is -2.08. The fourth-order valence-electron chi connectivity index (χ4n) is 2.60. The highest BCUT2D eigenvalue weighted by atomic mass is 79.9. The molecule has 1 heterocycles. The molecule has 0 saturated heterocycles. The molecule has 3 aromatic rings. The second-order valence-electron chi connectivity index (χ2n) is 6.30. The van der Waals surface area contributed by atoms with Gasteiger partial charge < -0.3 is 10.1 Å². The largest absolute Gasteiger partial charge is 0.456 e. The number of ether oxygens (including phenoxy) is 1. The van der Waals surface area contributed by atoms with Crippen molar-refractivity contribution in [3.05, 3.63) is 76.5 Å². The zero-order valence-electron chi connectivity index (χ0n) is 15.4. The fourth-order valence-corrected chi connectivity index (χ4v) is 2.84. The zero-order valence-corrected chi connectivity index (χ0v) is 17.0.